The fraction of sp³-hybridized carbons (Fsp3) is 0.545. The second-order valence-corrected chi connectivity index (χ2v) is 12.8. The van der Waals surface area contributed by atoms with E-state index in [9.17, 15) is 19.5 Å². The highest BCUT2D eigenvalue weighted by Gasteiger charge is 2.49. The fourth-order valence-corrected chi connectivity index (χ4v) is 6.59. The summed E-state index contributed by atoms with van der Waals surface area (Å²) in [6, 6.07) is 3.78. The molecule has 7 heteroatoms. The fourth-order valence-electron chi connectivity index (χ4n) is 6.59. The van der Waals surface area contributed by atoms with Crippen molar-refractivity contribution in [2.45, 2.75) is 86.0 Å². The zero-order valence-corrected chi connectivity index (χ0v) is 24.8. The molecule has 0 unspecified atom stereocenters. The van der Waals surface area contributed by atoms with Crippen LogP contribution in [0.5, 0.6) is 11.5 Å². The van der Waals surface area contributed by atoms with Crippen molar-refractivity contribution >= 4 is 17.5 Å². The summed E-state index contributed by atoms with van der Waals surface area (Å²) in [4.78, 5) is 41.6. The number of ether oxygens (including phenoxy) is 2. The Morgan fingerprint density at radius 1 is 1.00 bits per heavy atom. The van der Waals surface area contributed by atoms with Crippen LogP contribution in [0, 0.1) is 10.8 Å². The van der Waals surface area contributed by atoms with Gasteiger partial charge in [-0.15, -0.1) is 6.58 Å². The van der Waals surface area contributed by atoms with Crippen LogP contribution in [0.2, 0.25) is 0 Å². The molecule has 0 saturated carbocycles. The van der Waals surface area contributed by atoms with E-state index in [1.165, 1.54) is 0 Å². The van der Waals surface area contributed by atoms with Gasteiger partial charge in [0.1, 0.15) is 0 Å². The zero-order chi connectivity index (χ0) is 29.4. The number of allylic oxidation sites excluding steroid dienone is 5. The molecule has 3 aliphatic rings. The van der Waals surface area contributed by atoms with E-state index in [0.29, 0.717) is 54.1 Å². The van der Waals surface area contributed by atoms with Crippen LogP contribution in [0.25, 0.3) is 0 Å². The highest BCUT2D eigenvalue weighted by atomic mass is 16.5. The largest absolute Gasteiger partial charge is 0.490 e. The molecule has 0 amide bonds. The molecule has 7 nitrogen and oxygen atoms in total. The zero-order valence-electron chi connectivity index (χ0n) is 24.8. The van der Waals surface area contributed by atoms with Gasteiger partial charge in [-0.2, -0.15) is 0 Å². The molecule has 0 fully saturated rings. The number of rotatable bonds is 10. The molecule has 216 valence electrons. The van der Waals surface area contributed by atoms with E-state index in [1.807, 2.05) is 19.1 Å². The Morgan fingerprint density at radius 2 is 1.57 bits per heavy atom. The number of ketones is 2. The topological polar surface area (TPSA) is 93.1 Å². The third-order valence-corrected chi connectivity index (χ3v) is 7.96. The maximum absolute atomic E-state index is 14.0. The Balaban J connectivity index is 2.02. The first kappa shape index (κ1) is 29.6. The number of carbonyl (C=O) groups is 3. The molecule has 1 N–H and O–H groups in total. The van der Waals surface area contributed by atoms with Crippen molar-refractivity contribution < 1.29 is 29.0 Å². The highest BCUT2D eigenvalue weighted by Crippen LogP contribution is 2.55. The van der Waals surface area contributed by atoms with Crippen LogP contribution in [-0.2, 0) is 20.8 Å². The summed E-state index contributed by atoms with van der Waals surface area (Å²) < 4.78 is 11.7. The molecule has 0 saturated heterocycles. The Labute approximate surface area is 237 Å². The quantitative estimate of drug-likeness (QED) is 0.339. The Bertz CT molecular complexity index is 1240. The lowest BCUT2D eigenvalue weighted by Crippen LogP contribution is -2.44. The summed E-state index contributed by atoms with van der Waals surface area (Å²) in [5, 5.41) is 9.27. The first-order valence-electron chi connectivity index (χ1n) is 14.4. The average molecular weight is 550 g/mol. The number of carbonyl (C=O) groups excluding carboxylic acids is 2. The van der Waals surface area contributed by atoms with E-state index < -0.39 is 18.5 Å². The first-order valence-corrected chi connectivity index (χ1v) is 14.4. The summed E-state index contributed by atoms with van der Waals surface area (Å²) in [6.45, 7) is 17.0. The molecule has 1 heterocycles. The predicted molar refractivity (Wildman–Crippen MR) is 154 cm³/mol. The third kappa shape index (κ3) is 5.74. The molecule has 0 radical (unpaired) electrons. The molecule has 0 bridgehead atoms. The van der Waals surface area contributed by atoms with E-state index in [2.05, 4.69) is 46.1 Å². The number of nitrogens with zero attached hydrogens (tertiary/aromatic N) is 1. The lowest BCUT2D eigenvalue weighted by molar-refractivity contribution is -0.139. The van der Waals surface area contributed by atoms with Gasteiger partial charge in [-0.1, -0.05) is 46.8 Å². The summed E-state index contributed by atoms with van der Waals surface area (Å²) in [5.41, 5.74) is 4.63. The van der Waals surface area contributed by atoms with Gasteiger partial charge in [0.2, 0.25) is 0 Å². The molecule has 1 aromatic rings. The van der Waals surface area contributed by atoms with E-state index in [0.717, 1.165) is 42.8 Å². The molecule has 1 aromatic carbocycles. The SMILES string of the molecule is C=CCc1cc(C2C3=C(CC(C)(C)CC3=O)N(CCC)C3=C2C(=O)CC(C)(C)C3)cc(OCC)c1OCC(=O)O. The van der Waals surface area contributed by atoms with Crippen LogP contribution in [0.3, 0.4) is 0 Å². The van der Waals surface area contributed by atoms with Crippen molar-refractivity contribution in [3.8, 4) is 11.5 Å². The van der Waals surface area contributed by atoms with Crippen LogP contribution in [0.4, 0.5) is 0 Å². The Morgan fingerprint density at radius 3 is 2.05 bits per heavy atom. The number of aliphatic carboxylic acids is 1. The van der Waals surface area contributed by atoms with Gasteiger partial charge >= 0.3 is 5.97 Å². The van der Waals surface area contributed by atoms with Crippen LogP contribution >= 0.6 is 0 Å². The monoisotopic (exact) mass is 549 g/mol. The number of hydrogen-bond acceptors (Lipinski definition) is 6. The standard InChI is InChI=1S/C33H43NO6/c1-8-11-20-13-21(14-26(39-10-3)31(20)40-19-27(37)38)28-29-22(15-32(4,5)17-24(29)35)34(12-9-2)23-16-33(6,7)18-25(36)30(23)28/h8,13-14,28H,1,9-12,15-19H2,2-7H3,(H,37,38). The van der Waals surface area contributed by atoms with Gasteiger partial charge in [-0.25, -0.2) is 4.79 Å². The van der Waals surface area contributed by atoms with Gasteiger partial charge in [-0.3, -0.25) is 9.59 Å². The number of Topliss-reactive ketones (excluding diaryl/α,β-unsaturated/α-hetero) is 2. The van der Waals surface area contributed by atoms with Crippen molar-refractivity contribution in [2.24, 2.45) is 10.8 Å². The van der Waals surface area contributed by atoms with Gasteiger partial charge < -0.3 is 19.5 Å². The van der Waals surface area contributed by atoms with Gasteiger partial charge in [0.25, 0.3) is 0 Å². The van der Waals surface area contributed by atoms with E-state index in [4.69, 9.17) is 9.47 Å². The summed E-state index contributed by atoms with van der Waals surface area (Å²) in [7, 11) is 0. The van der Waals surface area contributed by atoms with Crippen LogP contribution in [0.1, 0.15) is 90.7 Å². The number of benzene rings is 1. The molecular formula is C33H43NO6. The lowest BCUT2D eigenvalue weighted by atomic mass is 9.63. The Kier molecular flexibility index (Phi) is 8.34. The van der Waals surface area contributed by atoms with E-state index in [-0.39, 0.29) is 22.4 Å². The minimum atomic E-state index is -1.09. The molecule has 2 aliphatic carbocycles. The molecule has 4 rings (SSSR count). The molecule has 0 aromatic heterocycles. The first-order chi connectivity index (χ1) is 18.8. The summed E-state index contributed by atoms with van der Waals surface area (Å²) in [5.74, 6) is -0.680. The normalized spacial score (nSPS) is 20.3. The van der Waals surface area contributed by atoms with Crippen LogP contribution in [0.15, 0.2) is 47.3 Å². The van der Waals surface area contributed by atoms with Crippen molar-refractivity contribution in [1.82, 2.24) is 4.90 Å². The minimum absolute atomic E-state index is 0.0796. The van der Waals surface area contributed by atoms with E-state index >= 15 is 0 Å². The van der Waals surface area contributed by atoms with Crippen molar-refractivity contribution in [2.75, 3.05) is 19.8 Å². The van der Waals surface area contributed by atoms with Gasteiger partial charge in [-0.05, 0) is 55.1 Å². The maximum Gasteiger partial charge on any atom is 0.341 e. The van der Waals surface area contributed by atoms with Crippen molar-refractivity contribution in [3.63, 3.8) is 0 Å². The predicted octanol–water partition coefficient (Wildman–Crippen LogP) is 6.37. The molecule has 0 spiro atoms. The van der Waals surface area contributed by atoms with Gasteiger partial charge in [0, 0.05) is 53.4 Å². The number of carboxylic acid groups (broad SMARTS) is 1. The summed E-state index contributed by atoms with van der Waals surface area (Å²) >= 11 is 0. The Hall–Kier alpha value is -3.35. The average Bonchev–Trinajstić information content (AvgIpc) is 2.83. The second kappa shape index (κ2) is 11.3. The number of carboxylic acids is 1. The van der Waals surface area contributed by atoms with E-state index in [1.54, 1.807) is 6.08 Å². The van der Waals surface area contributed by atoms with Gasteiger partial charge in [0.05, 0.1) is 6.61 Å². The van der Waals surface area contributed by atoms with Gasteiger partial charge in [0.15, 0.2) is 29.7 Å². The van der Waals surface area contributed by atoms with Crippen molar-refractivity contribution in [3.05, 3.63) is 58.5 Å². The highest BCUT2D eigenvalue weighted by molar-refractivity contribution is 6.06. The number of hydrogen-bond donors (Lipinski definition) is 1. The smallest absolute Gasteiger partial charge is 0.341 e. The second-order valence-electron chi connectivity index (χ2n) is 12.8. The molecular weight excluding hydrogens is 506 g/mol. The maximum atomic E-state index is 14.0. The molecule has 0 atom stereocenters. The summed E-state index contributed by atoms with van der Waals surface area (Å²) in [6.07, 6.45) is 5.39. The van der Waals surface area contributed by atoms with Crippen molar-refractivity contribution in [1.29, 1.82) is 0 Å². The van der Waals surface area contributed by atoms with Crippen LogP contribution < -0.4 is 9.47 Å². The third-order valence-electron chi connectivity index (χ3n) is 7.96. The minimum Gasteiger partial charge on any atom is -0.490 e. The lowest BCUT2D eigenvalue weighted by Gasteiger charge is -2.49. The molecule has 40 heavy (non-hydrogen) atoms. The molecule has 1 aliphatic heterocycles. The van der Waals surface area contributed by atoms with Crippen LogP contribution in [-0.4, -0.2) is 47.3 Å².